The Bertz CT molecular complexity index is 1380. The van der Waals surface area contributed by atoms with Crippen molar-refractivity contribution in [3.05, 3.63) is 77.3 Å². The molecule has 0 N–H and O–H groups in total. The molecule has 2 aliphatic carbocycles. The van der Waals surface area contributed by atoms with Gasteiger partial charge in [0.2, 0.25) is 0 Å². The van der Waals surface area contributed by atoms with E-state index in [2.05, 4.69) is 9.97 Å². The zero-order valence-electron chi connectivity index (χ0n) is 18.1. The third kappa shape index (κ3) is 3.17. The van der Waals surface area contributed by atoms with Gasteiger partial charge in [-0.3, -0.25) is 9.78 Å². The number of pyridine rings is 1. The van der Waals surface area contributed by atoms with Crippen molar-refractivity contribution < 1.29 is 13.6 Å². The van der Waals surface area contributed by atoms with Crippen molar-refractivity contribution in [1.29, 1.82) is 5.26 Å². The number of carbonyl (C=O) groups excluding carboxylic acids is 1. The highest BCUT2D eigenvalue weighted by molar-refractivity contribution is 6.02. The van der Waals surface area contributed by atoms with E-state index in [1.807, 2.05) is 19.9 Å². The molecule has 5 rings (SSSR count). The molecule has 0 saturated heterocycles. The first kappa shape index (κ1) is 21.1. The van der Waals surface area contributed by atoms with E-state index in [1.165, 1.54) is 18.3 Å². The summed E-state index contributed by atoms with van der Waals surface area (Å²) in [6, 6.07) is 9.83. The van der Waals surface area contributed by atoms with Gasteiger partial charge in [0.1, 0.15) is 11.9 Å². The number of hydrogen-bond acceptors (Lipinski definition) is 5. The fourth-order valence-corrected chi connectivity index (χ4v) is 5.33. The van der Waals surface area contributed by atoms with Crippen LogP contribution in [0.3, 0.4) is 0 Å². The Hall–Kier alpha value is -3.79. The number of Topliss-reactive ketones (excluding diaryl/α,β-unsaturated/α-hetero) is 1. The third-order valence-electron chi connectivity index (χ3n) is 6.98. The average Bonchev–Trinajstić information content (AvgIpc) is 2.82. The van der Waals surface area contributed by atoms with Crippen LogP contribution in [0.2, 0.25) is 0 Å². The fourth-order valence-electron chi connectivity index (χ4n) is 5.33. The van der Waals surface area contributed by atoms with Gasteiger partial charge in [0.15, 0.2) is 17.4 Å². The zero-order chi connectivity index (χ0) is 23.3. The van der Waals surface area contributed by atoms with E-state index in [1.54, 1.807) is 24.3 Å². The first-order valence-corrected chi connectivity index (χ1v) is 10.8. The maximum absolute atomic E-state index is 14.9. The Kier molecular flexibility index (Phi) is 4.89. The lowest BCUT2D eigenvalue weighted by Crippen LogP contribution is -2.46. The molecule has 2 heterocycles. The highest BCUT2D eigenvalue weighted by Gasteiger charge is 2.49. The summed E-state index contributed by atoms with van der Waals surface area (Å²) in [5, 5.41) is 9.59. The van der Waals surface area contributed by atoms with Gasteiger partial charge in [-0.15, -0.1) is 0 Å². The van der Waals surface area contributed by atoms with Crippen molar-refractivity contribution in [3.63, 3.8) is 0 Å². The molecule has 0 spiro atoms. The number of rotatable bonds is 2. The number of carbonyl (C=O) groups is 1. The lowest BCUT2D eigenvalue weighted by molar-refractivity contribution is -0.121. The summed E-state index contributed by atoms with van der Waals surface area (Å²) < 4.78 is 29.5. The minimum Gasteiger partial charge on any atom is -0.293 e. The largest absolute Gasteiger partial charge is 0.293 e. The van der Waals surface area contributed by atoms with Crippen molar-refractivity contribution in [2.24, 2.45) is 11.8 Å². The van der Waals surface area contributed by atoms with Crippen LogP contribution in [0, 0.1) is 34.8 Å². The Morgan fingerprint density at radius 2 is 1.91 bits per heavy atom. The summed E-state index contributed by atoms with van der Waals surface area (Å²) in [5.41, 5.74) is 1.56. The Balaban J connectivity index is 1.85. The van der Waals surface area contributed by atoms with E-state index in [-0.39, 0.29) is 34.6 Å². The minimum absolute atomic E-state index is 0.0897. The molecule has 0 saturated carbocycles. The smallest absolute Gasteiger partial charge is 0.176 e. The predicted molar refractivity (Wildman–Crippen MR) is 118 cm³/mol. The molecule has 3 aromatic rings. The van der Waals surface area contributed by atoms with Crippen molar-refractivity contribution >= 4 is 5.78 Å². The Labute approximate surface area is 189 Å². The number of nitriles is 1. The van der Waals surface area contributed by atoms with E-state index < -0.39 is 17.0 Å². The standard InChI is InChI=1S/C26H20F2N4O/c1-14-19-8-7-18-22(16-5-3-4-6-20(16)27)31-25(17-9-10-30-13-21(17)28)32-24(18)26(19,2)11-15(12-29)23(14)33/h3-6,9-11,13-14,19H,7-8H2,1-2H3/t14?,19?,26-/m1/s1. The number of ketones is 1. The van der Waals surface area contributed by atoms with Crippen LogP contribution in [0.15, 0.2) is 54.4 Å². The van der Waals surface area contributed by atoms with Crippen LogP contribution >= 0.6 is 0 Å². The van der Waals surface area contributed by atoms with Gasteiger partial charge in [-0.25, -0.2) is 18.7 Å². The van der Waals surface area contributed by atoms with Crippen molar-refractivity contribution in [2.45, 2.75) is 32.1 Å². The van der Waals surface area contributed by atoms with Crippen LogP contribution in [0.25, 0.3) is 22.6 Å². The maximum Gasteiger partial charge on any atom is 0.176 e. The van der Waals surface area contributed by atoms with Gasteiger partial charge in [-0.1, -0.05) is 32.1 Å². The second kappa shape index (κ2) is 7.66. The first-order valence-electron chi connectivity index (χ1n) is 10.8. The molecule has 5 nitrogen and oxygen atoms in total. The summed E-state index contributed by atoms with van der Waals surface area (Å²) in [6.45, 7) is 3.78. The highest BCUT2D eigenvalue weighted by atomic mass is 19.1. The Morgan fingerprint density at radius 3 is 2.64 bits per heavy atom. The van der Waals surface area contributed by atoms with E-state index in [0.29, 0.717) is 29.8 Å². The number of aromatic nitrogens is 3. The summed E-state index contributed by atoms with van der Waals surface area (Å²) in [7, 11) is 0. The Morgan fingerprint density at radius 1 is 1.12 bits per heavy atom. The van der Waals surface area contributed by atoms with Gasteiger partial charge in [0.05, 0.1) is 28.7 Å². The van der Waals surface area contributed by atoms with E-state index >= 15 is 0 Å². The van der Waals surface area contributed by atoms with Crippen LogP contribution in [0.4, 0.5) is 8.78 Å². The lowest BCUT2D eigenvalue weighted by Gasteiger charge is -2.45. The number of nitrogens with zero attached hydrogens (tertiary/aromatic N) is 4. The van der Waals surface area contributed by atoms with Crippen LogP contribution in [0.5, 0.6) is 0 Å². The molecule has 0 radical (unpaired) electrons. The van der Waals surface area contributed by atoms with Gasteiger partial charge in [0.25, 0.3) is 0 Å². The number of fused-ring (bicyclic) bond motifs is 3. The second-order valence-electron chi connectivity index (χ2n) is 8.81. The molecule has 0 bridgehead atoms. The summed E-state index contributed by atoms with van der Waals surface area (Å²) in [4.78, 5) is 25.9. The highest BCUT2D eigenvalue weighted by Crippen LogP contribution is 2.51. The van der Waals surface area contributed by atoms with E-state index in [9.17, 15) is 18.8 Å². The average molecular weight is 442 g/mol. The quantitative estimate of drug-likeness (QED) is 0.560. The normalized spacial score (nSPS) is 23.8. The van der Waals surface area contributed by atoms with Gasteiger partial charge >= 0.3 is 0 Å². The molecule has 0 aliphatic heterocycles. The van der Waals surface area contributed by atoms with Gasteiger partial charge in [-0.2, -0.15) is 5.26 Å². The summed E-state index contributed by atoms with van der Waals surface area (Å²) >= 11 is 0. The molecule has 2 unspecified atom stereocenters. The van der Waals surface area contributed by atoms with Crippen molar-refractivity contribution in [3.8, 4) is 28.7 Å². The topological polar surface area (TPSA) is 79.5 Å². The molecule has 0 amide bonds. The predicted octanol–water partition coefficient (Wildman–Crippen LogP) is 4.97. The molecule has 1 aromatic carbocycles. The summed E-state index contributed by atoms with van der Waals surface area (Å²) in [6.07, 6.45) is 5.43. The third-order valence-corrected chi connectivity index (χ3v) is 6.98. The molecule has 3 atom stereocenters. The van der Waals surface area contributed by atoms with Crippen molar-refractivity contribution in [1.82, 2.24) is 15.0 Å². The first-order chi connectivity index (χ1) is 15.8. The van der Waals surface area contributed by atoms with Crippen LogP contribution in [-0.2, 0) is 16.6 Å². The molecule has 2 aromatic heterocycles. The minimum atomic E-state index is -0.757. The summed E-state index contributed by atoms with van der Waals surface area (Å²) in [5.74, 6) is -1.54. The van der Waals surface area contributed by atoms with Crippen molar-refractivity contribution in [2.75, 3.05) is 0 Å². The molecule has 164 valence electrons. The van der Waals surface area contributed by atoms with E-state index in [4.69, 9.17) is 4.98 Å². The number of hydrogen-bond donors (Lipinski definition) is 0. The van der Waals surface area contributed by atoms with Gasteiger partial charge < -0.3 is 0 Å². The molecule has 7 heteroatoms. The monoisotopic (exact) mass is 442 g/mol. The number of allylic oxidation sites excluding steroid dienone is 2. The van der Waals surface area contributed by atoms with Crippen LogP contribution in [-0.4, -0.2) is 20.7 Å². The SMILES string of the molecule is CC1C(=O)C(C#N)=C[C@@]2(C)c3nc(-c4ccncc4F)nc(-c4ccccc4F)c3CCC12. The zero-order valence-corrected chi connectivity index (χ0v) is 18.1. The molecule has 33 heavy (non-hydrogen) atoms. The number of benzene rings is 1. The second-order valence-corrected chi connectivity index (χ2v) is 8.81. The molecular weight excluding hydrogens is 422 g/mol. The van der Waals surface area contributed by atoms with Crippen LogP contribution in [0.1, 0.15) is 31.5 Å². The lowest BCUT2D eigenvalue weighted by atomic mass is 9.57. The fraction of sp³-hybridized carbons (Fsp3) is 0.269. The van der Waals surface area contributed by atoms with Gasteiger partial charge in [-0.05, 0) is 37.0 Å². The van der Waals surface area contributed by atoms with Crippen LogP contribution < -0.4 is 0 Å². The molecular formula is C26H20F2N4O. The molecule has 2 aliphatic rings. The maximum atomic E-state index is 14.9. The molecule has 0 fully saturated rings. The number of halogens is 2. The van der Waals surface area contributed by atoms with E-state index in [0.717, 1.165) is 11.8 Å². The van der Waals surface area contributed by atoms with Gasteiger partial charge in [0, 0.05) is 28.7 Å².